The van der Waals surface area contributed by atoms with Crippen molar-refractivity contribution in [2.75, 3.05) is 34.4 Å². The Morgan fingerprint density at radius 1 is 1.21 bits per heavy atom. The van der Waals surface area contributed by atoms with Crippen molar-refractivity contribution in [1.29, 1.82) is 0 Å². The fraction of sp³-hybridized carbons (Fsp3) is 1.00. The summed E-state index contributed by atoms with van der Waals surface area (Å²) in [5.41, 5.74) is 0. The molecule has 0 amide bonds. The molecule has 0 saturated carbocycles. The van der Waals surface area contributed by atoms with Gasteiger partial charge in [0.1, 0.15) is 0 Å². The van der Waals surface area contributed by atoms with Crippen LogP contribution < -0.4 is 5.32 Å². The quantitative estimate of drug-likeness (QED) is 0.643. The number of nitrogens with zero attached hydrogens (tertiary/aromatic N) is 1. The van der Waals surface area contributed by atoms with Gasteiger partial charge in [0.15, 0.2) is 0 Å². The molecule has 86 valence electrons. The molecule has 0 bridgehead atoms. The van der Waals surface area contributed by atoms with Gasteiger partial charge in [-0.1, -0.05) is 13.8 Å². The lowest BCUT2D eigenvalue weighted by Gasteiger charge is -2.26. The monoisotopic (exact) mass is 202 g/mol. The van der Waals surface area contributed by atoms with Gasteiger partial charge in [-0.3, -0.25) is 0 Å². The molecule has 2 unspecified atom stereocenters. The Morgan fingerprint density at radius 3 is 2.21 bits per heavy atom. The number of rotatable bonds is 8. The zero-order chi connectivity index (χ0) is 11.0. The molecule has 3 nitrogen and oxygen atoms in total. The smallest absolute Gasteiger partial charge is 0.0615 e. The molecular formula is C11H26N2O. The summed E-state index contributed by atoms with van der Waals surface area (Å²) in [5.74, 6) is 0. The summed E-state index contributed by atoms with van der Waals surface area (Å²) in [7, 11) is 6.02. The van der Waals surface area contributed by atoms with Crippen LogP contribution in [0.3, 0.4) is 0 Å². The average molecular weight is 202 g/mol. The van der Waals surface area contributed by atoms with E-state index >= 15 is 0 Å². The number of methoxy groups -OCH3 is 1. The van der Waals surface area contributed by atoms with Crippen LogP contribution in [0.25, 0.3) is 0 Å². The Balaban J connectivity index is 3.75. The van der Waals surface area contributed by atoms with Gasteiger partial charge in [-0.25, -0.2) is 0 Å². The zero-order valence-electron chi connectivity index (χ0n) is 10.3. The number of hydrogen-bond donors (Lipinski definition) is 1. The van der Waals surface area contributed by atoms with Gasteiger partial charge in [0.2, 0.25) is 0 Å². The minimum atomic E-state index is 0.494. The molecule has 0 rings (SSSR count). The SMILES string of the molecule is CCC(COC)NCC(CC)N(C)C. The summed E-state index contributed by atoms with van der Waals surface area (Å²) >= 11 is 0. The van der Waals surface area contributed by atoms with E-state index in [2.05, 4.69) is 38.2 Å². The van der Waals surface area contributed by atoms with Crippen molar-refractivity contribution in [3.05, 3.63) is 0 Å². The van der Waals surface area contributed by atoms with E-state index in [0.29, 0.717) is 12.1 Å². The highest BCUT2D eigenvalue weighted by molar-refractivity contribution is 4.71. The minimum absolute atomic E-state index is 0.494. The molecule has 0 aromatic rings. The molecule has 0 heterocycles. The standard InChI is InChI=1S/C11H26N2O/c1-6-10(9-14-5)12-8-11(7-2)13(3)4/h10-12H,6-9H2,1-5H3. The summed E-state index contributed by atoms with van der Waals surface area (Å²) in [6.07, 6.45) is 2.31. The highest BCUT2D eigenvalue weighted by Crippen LogP contribution is 1.99. The van der Waals surface area contributed by atoms with Gasteiger partial charge in [-0.15, -0.1) is 0 Å². The molecule has 3 heteroatoms. The van der Waals surface area contributed by atoms with Gasteiger partial charge in [-0.05, 0) is 26.9 Å². The first kappa shape index (κ1) is 13.9. The molecule has 14 heavy (non-hydrogen) atoms. The molecule has 0 fully saturated rings. The molecule has 0 aliphatic heterocycles. The van der Waals surface area contributed by atoms with Gasteiger partial charge in [0.05, 0.1) is 6.61 Å². The van der Waals surface area contributed by atoms with E-state index in [-0.39, 0.29) is 0 Å². The summed E-state index contributed by atoms with van der Waals surface area (Å²) in [5, 5.41) is 3.54. The third-order valence-corrected chi connectivity index (χ3v) is 2.70. The predicted octanol–water partition coefficient (Wildman–Crippen LogP) is 1.34. The van der Waals surface area contributed by atoms with E-state index in [0.717, 1.165) is 19.6 Å². The van der Waals surface area contributed by atoms with E-state index in [1.165, 1.54) is 6.42 Å². The second-order valence-corrected chi connectivity index (χ2v) is 3.99. The van der Waals surface area contributed by atoms with Crippen molar-refractivity contribution in [2.24, 2.45) is 0 Å². The normalized spacial score (nSPS) is 15.9. The molecular weight excluding hydrogens is 176 g/mol. The van der Waals surface area contributed by atoms with Gasteiger partial charge < -0.3 is 15.0 Å². The van der Waals surface area contributed by atoms with Crippen molar-refractivity contribution in [3.8, 4) is 0 Å². The largest absolute Gasteiger partial charge is 0.383 e. The highest BCUT2D eigenvalue weighted by Gasteiger charge is 2.11. The third kappa shape index (κ3) is 5.58. The van der Waals surface area contributed by atoms with E-state index < -0.39 is 0 Å². The minimum Gasteiger partial charge on any atom is -0.383 e. The van der Waals surface area contributed by atoms with Crippen LogP contribution in [-0.2, 0) is 4.74 Å². The van der Waals surface area contributed by atoms with Crippen molar-refractivity contribution >= 4 is 0 Å². The Morgan fingerprint density at radius 2 is 1.86 bits per heavy atom. The van der Waals surface area contributed by atoms with Crippen molar-refractivity contribution in [3.63, 3.8) is 0 Å². The average Bonchev–Trinajstić information content (AvgIpc) is 2.16. The van der Waals surface area contributed by atoms with E-state index in [4.69, 9.17) is 4.74 Å². The van der Waals surface area contributed by atoms with Crippen LogP contribution in [0.1, 0.15) is 26.7 Å². The van der Waals surface area contributed by atoms with Crippen LogP contribution in [-0.4, -0.2) is 51.3 Å². The summed E-state index contributed by atoms with van der Waals surface area (Å²) < 4.78 is 5.15. The van der Waals surface area contributed by atoms with Crippen molar-refractivity contribution < 1.29 is 4.74 Å². The molecule has 0 spiro atoms. The van der Waals surface area contributed by atoms with Crippen molar-refractivity contribution in [1.82, 2.24) is 10.2 Å². The summed E-state index contributed by atoms with van der Waals surface area (Å²) in [6.45, 7) is 6.27. The number of hydrogen-bond acceptors (Lipinski definition) is 3. The van der Waals surface area contributed by atoms with E-state index in [1.54, 1.807) is 7.11 Å². The van der Waals surface area contributed by atoms with Crippen LogP contribution in [0.2, 0.25) is 0 Å². The van der Waals surface area contributed by atoms with E-state index in [1.807, 2.05) is 0 Å². The fourth-order valence-electron chi connectivity index (χ4n) is 1.52. The summed E-state index contributed by atoms with van der Waals surface area (Å²) in [6, 6.07) is 1.12. The van der Waals surface area contributed by atoms with Gasteiger partial charge in [-0.2, -0.15) is 0 Å². The molecule has 0 aromatic carbocycles. The van der Waals surface area contributed by atoms with Gasteiger partial charge in [0.25, 0.3) is 0 Å². The molecule has 0 radical (unpaired) electrons. The Hall–Kier alpha value is -0.120. The fourth-order valence-corrected chi connectivity index (χ4v) is 1.52. The molecule has 0 aromatic heterocycles. The highest BCUT2D eigenvalue weighted by atomic mass is 16.5. The molecule has 1 N–H and O–H groups in total. The molecule has 0 saturated heterocycles. The Kier molecular flexibility index (Phi) is 8.14. The molecule has 0 aliphatic rings. The Bertz CT molecular complexity index is 128. The maximum Gasteiger partial charge on any atom is 0.0615 e. The summed E-state index contributed by atoms with van der Waals surface area (Å²) in [4.78, 5) is 2.27. The number of ether oxygens (including phenoxy) is 1. The maximum atomic E-state index is 5.15. The van der Waals surface area contributed by atoms with Gasteiger partial charge >= 0.3 is 0 Å². The second kappa shape index (κ2) is 8.21. The van der Waals surface area contributed by atoms with Crippen LogP contribution in [0.15, 0.2) is 0 Å². The van der Waals surface area contributed by atoms with Gasteiger partial charge in [0, 0.05) is 25.7 Å². The lowest BCUT2D eigenvalue weighted by molar-refractivity contribution is 0.157. The number of nitrogens with one attached hydrogen (secondary N) is 1. The maximum absolute atomic E-state index is 5.15. The first-order chi connectivity index (χ1) is 6.65. The van der Waals surface area contributed by atoms with Crippen molar-refractivity contribution in [2.45, 2.75) is 38.8 Å². The predicted molar refractivity (Wildman–Crippen MR) is 61.7 cm³/mol. The lowest BCUT2D eigenvalue weighted by Crippen LogP contribution is -2.43. The lowest BCUT2D eigenvalue weighted by atomic mass is 10.1. The van der Waals surface area contributed by atoms with E-state index in [9.17, 15) is 0 Å². The zero-order valence-corrected chi connectivity index (χ0v) is 10.3. The first-order valence-corrected chi connectivity index (χ1v) is 5.54. The topological polar surface area (TPSA) is 24.5 Å². The van der Waals surface area contributed by atoms with Crippen LogP contribution in [0, 0.1) is 0 Å². The molecule has 0 aliphatic carbocycles. The van der Waals surface area contributed by atoms with Crippen LogP contribution >= 0.6 is 0 Å². The van der Waals surface area contributed by atoms with Crippen LogP contribution in [0.4, 0.5) is 0 Å². The van der Waals surface area contributed by atoms with Crippen LogP contribution in [0.5, 0.6) is 0 Å². The second-order valence-electron chi connectivity index (χ2n) is 3.99. The third-order valence-electron chi connectivity index (χ3n) is 2.70. The first-order valence-electron chi connectivity index (χ1n) is 5.54. The Labute approximate surface area is 88.8 Å². The number of likely N-dealkylation sites (N-methyl/N-ethyl adjacent to an activating group) is 1. The molecule has 2 atom stereocenters.